The van der Waals surface area contributed by atoms with Crippen molar-refractivity contribution in [3.05, 3.63) is 29.8 Å². The van der Waals surface area contributed by atoms with Crippen LogP contribution in [0.25, 0.3) is 0 Å². The van der Waals surface area contributed by atoms with Gasteiger partial charge in [-0.15, -0.1) is 0 Å². The van der Waals surface area contributed by atoms with Crippen LogP contribution >= 0.6 is 15.9 Å². The molecule has 2 nitrogen and oxygen atoms in total. The molecule has 0 aromatic heterocycles. The number of rotatable bonds is 5. The van der Waals surface area contributed by atoms with E-state index < -0.39 is 0 Å². The fourth-order valence-corrected chi connectivity index (χ4v) is 1.17. The normalized spacial score (nSPS) is 9.62. The molecule has 0 radical (unpaired) electrons. The zero-order valence-electron chi connectivity index (χ0n) is 7.20. The van der Waals surface area contributed by atoms with Gasteiger partial charge in [0.25, 0.3) is 0 Å². The van der Waals surface area contributed by atoms with Crippen LogP contribution in [0.5, 0.6) is 5.75 Å². The van der Waals surface area contributed by atoms with Crippen molar-refractivity contribution in [3.63, 3.8) is 0 Å². The average molecular weight is 243 g/mol. The van der Waals surface area contributed by atoms with Gasteiger partial charge in [-0.1, -0.05) is 28.1 Å². The SMILES string of the molecule is O=Cc1ccccc1OCCCBr. The highest BCUT2D eigenvalue weighted by atomic mass is 79.9. The van der Waals surface area contributed by atoms with Crippen molar-refractivity contribution in [1.82, 2.24) is 0 Å². The minimum atomic E-state index is 0.608. The molecular formula is C10H11BrO2. The van der Waals surface area contributed by atoms with Crippen molar-refractivity contribution in [2.75, 3.05) is 11.9 Å². The summed E-state index contributed by atoms with van der Waals surface area (Å²) in [5.74, 6) is 0.665. The summed E-state index contributed by atoms with van der Waals surface area (Å²) in [4.78, 5) is 10.6. The van der Waals surface area contributed by atoms with Crippen molar-refractivity contribution < 1.29 is 9.53 Å². The van der Waals surface area contributed by atoms with E-state index in [9.17, 15) is 4.79 Å². The molecule has 0 fully saturated rings. The minimum Gasteiger partial charge on any atom is -0.493 e. The van der Waals surface area contributed by atoms with Gasteiger partial charge < -0.3 is 4.74 Å². The molecule has 0 aliphatic rings. The number of carbonyl (C=O) groups is 1. The lowest BCUT2D eigenvalue weighted by Crippen LogP contribution is -1.99. The second-order valence-electron chi connectivity index (χ2n) is 2.55. The Morgan fingerprint density at radius 1 is 1.38 bits per heavy atom. The van der Waals surface area contributed by atoms with Crippen molar-refractivity contribution >= 4 is 22.2 Å². The van der Waals surface area contributed by atoms with Crippen LogP contribution in [0, 0.1) is 0 Å². The lowest BCUT2D eigenvalue weighted by molar-refractivity contribution is 0.111. The number of alkyl halides is 1. The Morgan fingerprint density at radius 2 is 2.15 bits per heavy atom. The number of para-hydroxylation sites is 1. The van der Waals surface area contributed by atoms with Crippen molar-refractivity contribution in [2.45, 2.75) is 6.42 Å². The van der Waals surface area contributed by atoms with Gasteiger partial charge in [0.1, 0.15) is 5.75 Å². The van der Waals surface area contributed by atoms with E-state index in [0.29, 0.717) is 17.9 Å². The first kappa shape index (κ1) is 10.3. The second kappa shape index (κ2) is 5.75. The van der Waals surface area contributed by atoms with E-state index in [4.69, 9.17) is 4.74 Å². The van der Waals surface area contributed by atoms with E-state index in [1.165, 1.54) is 0 Å². The smallest absolute Gasteiger partial charge is 0.153 e. The highest BCUT2D eigenvalue weighted by molar-refractivity contribution is 9.09. The molecule has 0 atom stereocenters. The molecule has 0 N–H and O–H groups in total. The Morgan fingerprint density at radius 3 is 2.85 bits per heavy atom. The Labute approximate surface area is 86.0 Å². The molecule has 13 heavy (non-hydrogen) atoms. The van der Waals surface area contributed by atoms with Crippen LogP contribution < -0.4 is 4.74 Å². The van der Waals surface area contributed by atoms with Gasteiger partial charge in [-0.3, -0.25) is 4.79 Å². The summed E-state index contributed by atoms with van der Waals surface area (Å²) in [5.41, 5.74) is 0.608. The second-order valence-corrected chi connectivity index (χ2v) is 3.34. The van der Waals surface area contributed by atoms with Crippen LogP contribution in [0.4, 0.5) is 0 Å². The quantitative estimate of drug-likeness (QED) is 0.451. The number of benzene rings is 1. The van der Waals surface area contributed by atoms with Gasteiger partial charge in [0.2, 0.25) is 0 Å². The van der Waals surface area contributed by atoms with E-state index in [-0.39, 0.29) is 0 Å². The summed E-state index contributed by atoms with van der Waals surface area (Å²) < 4.78 is 5.41. The highest BCUT2D eigenvalue weighted by Gasteiger charge is 1.99. The van der Waals surface area contributed by atoms with E-state index in [2.05, 4.69) is 15.9 Å². The molecule has 0 bridgehead atoms. The van der Waals surface area contributed by atoms with Gasteiger partial charge in [-0.25, -0.2) is 0 Å². The van der Waals surface area contributed by atoms with Gasteiger partial charge in [0.15, 0.2) is 6.29 Å². The highest BCUT2D eigenvalue weighted by Crippen LogP contribution is 2.15. The van der Waals surface area contributed by atoms with E-state index >= 15 is 0 Å². The van der Waals surface area contributed by atoms with Gasteiger partial charge in [0, 0.05) is 5.33 Å². The van der Waals surface area contributed by atoms with E-state index in [1.807, 2.05) is 12.1 Å². The molecule has 0 unspecified atom stereocenters. The van der Waals surface area contributed by atoms with Crippen molar-refractivity contribution in [2.24, 2.45) is 0 Å². The Bertz CT molecular complexity index is 273. The third kappa shape index (κ3) is 3.19. The lowest BCUT2D eigenvalue weighted by atomic mass is 10.2. The largest absolute Gasteiger partial charge is 0.493 e. The zero-order valence-corrected chi connectivity index (χ0v) is 8.79. The van der Waals surface area contributed by atoms with Crippen LogP contribution in [0.3, 0.4) is 0 Å². The van der Waals surface area contributed by atoms with Gasteiger partial charge in [-0.2, -0.15) is 0 Å². The van der Waals surface area contributed by atoms with Crippen LogP contribution in [0.15, 0.2) is 24.3 Å². The number of carbonyl (C=O) groups excluding carboxylic acids is 1. The number of hydrogen-bond acceptors (Lipinski definition) is 2. The first-order valence-electron chi connectivity index (χ1n) is 4.11. The monoisotopic (exact) mass is 242 g/mol. The van der Waals surface area contributed by atoms with Crippen LogP contribution in [0.2, 0.25) is 0 Å². The molecule has 0 spiro atoms. The standard InChI is InChI=1S/C10H11BrO2/c11-6-3-7-13-10-5-2-1-4-9(10)8-12/h1-2,4-5,8H,3,6-7H2. The van der Waals surface area contributed by atoms with Crippen LogP contribution in [-0.2, 0) is 0 Å². The van der Waals surface area contributed by atoms with Crippen LogP contribution in [0.1, 0.15) is 16.8 Å². The molecule has 3 heteroatoms. The van der Waals surface area contributed by atoms with Crippen molar-refractivity contribution in [3.8, 4) is 5.75 Å². The topological polar surface area (TPSA) is 26.3 Å². The molecule has 1 aromatic carbocycles. The summed E-state index contributed by atoms with van der Waals surface area (Å²) in [6.45, 7) is 0.635. The fraction of sp³-hybridized carbons (Fsp3) is 0.300. The summed E-state index contributed by atoms with van der Waals surface area (Å²) >= 11 is 3.31. The van der Waals surface area contributed by atoms with Gasteiger partial charge in [0.05, 0.1) is 12.2 Å². The zero-order chi connectivity index (χ0) is 9.52. The fourth-order valence-electron chi connectivity index (χ4n) is 0.946. The minimum absolute atomic E-state index is 0.608. The first-order valence-corrected chi connectivity index (χ1v) is 5.23. The molecular weight excluding hydrogens is 232 g/mol. The molecule has 0 aliphatic heterocycles. The average Bonchev–Trinajstić information content (AvgIpc) is 2.19. The number of halogens is 1. The van der Waals surface area contributed by atoms with Gasteiger partial charge >= 0.3 is 0 Å². The molecule has 70 valence electrons. The van der Waals surface area contributed by atoms with Gasteiger partial charge in [-0.05, 0) is 18.6 Å². The Balaban J connectivity index is 2.59. The maximum atomic E-state index is 10.6. The summed E-state index contributed by atoms with van der Waals surface area (Å²) in [6, 6.07) is 7.23. The summed E-state index contributed by atoms with van der Waals surface area (Å²) in [6.07, 6.45) is 1.75. The molecule has 1 rings (SSSR count). The maximum Gasteiger partial charge on any atom is 0.153 e. The van der Waals surface area contributed by atoms with Crippen molar-refractivity contribution in [1.29, 1.82) is 0 Å². The molecule has 0 aliphatic carbocycles. The van der Waals surface area contributed by atoms with E-state index in [1.54, 1.807) is 12.1 Å². The number of ether oxygens (including phenoxy) is 1. The summed E-state index contributed by atoms with van der Waals surface area (Å²) in [7, 11) is 0. The lowest BCUT2D eigenvalue weighted by Gasteiger charge is -2.06. The molecule has 0 heterocycles. The van der Waals surface area contributed by atoms with E-state index in [0.717, 1.165) is 18.0 Å². The molecule has 0 saturated carbocycles. The number of hydrogen-bond donors (Lipinski definition) is 0. The third-order valence-corrected chi connectivity index (χ3v) is 2.14. The Hall–Kier alpha value is -0.830. The molecule has 0 saturated heterocycles. The third-order valence-electron chi connectivity index (χ3n) is 1.58. The number of aldehydes is 1. The Kier molecular flexibility index (Phi) is 4.54. The molecule has 1 aromatic rings. The predicted octanol–water partition coefficient (Wildman–Crippen LogP) is 2.66. The maximum absolute atomic E-state index is 10.6. The summed E-state index contributed by atoms with van der Waals surface area (Å²) in [5, 5.41) is 0.913. The predicted molar refractivity (Wildman–Crippen MR) is 55.7 cm³/mol. The van der Waals surface area contributed by atoms with Crippen LogP contribution in [-0.4, -0.2) is 18.2 Å². The first-order chi connectivity index (χ1) is 6.38. The molecule has 0 amide bonds.